The van der Waals surface area contributed by atoms with E-state index in [9.17, 15) is 4.39 Å². The quantitative estimate of drug-likeness (QED) is 0.302. The maximum absolute atomic E-state index is 13.5. The van der Waals surface area contributed by atoms with E-state index in [1.54, 1.807) is 7.11 Å². The van der Waals surface area contributed by atoms with Crippen LogP contribution in [0.1, 0.15) is 43.4 Å². The lowest BCUT2D eigenvalue weighted by atomic mass is 9.74. The molecule has 2 N–H and O–H groups in total. The van der Waals surface area contributed by atoms with Crippen molar-refractivity contribution in [3.05, 3.63) is 47.3 Å². The van der Waals surface area contributed by atoms with Crippen LogP contribution in [-0.2, 0) is 34.5 Å². The van der Waals surface area contributed by atoms with E-state index >= 15 is 0 Å². The lowest BCUT2D eigenvalue weighted by Crippen LogP contribution is -2.48. The van der Waals surface area contributed by atoms with Gasteiger partial charge in [-0.15, -0.1) is 24.0 Å². The number of benzene rings is 1. The summed E-state index contributed by atoms with van der Waals surface area (Å²) in [6.07, 6.45) is 3.57. The topological polar surface area (TPSA) is 85.6 Å². The highest BCUT2D eigenvalue weighted by molar-refractivity contribution is 14.0. The number of halogens is 2. The van der Waals surface area contributed by atoms with Crippen LogP contribution in [0.5, 0.6) is 0 Å². The molecule has 10 heteroatoms. The Morgan fingerprint density at radius 1 is 1.30 bits per heavy atom. The van der Waals surface area contributed by atoms with Gasteiger partial charge >= 0.3 is 0 Å². The van der Waals surface area contributed by atoms with Crippen molar-refractivity contribution in [1.82, 2.24) is 25.4 Å². The summed E-state index contributed by atoms with van der Waals surface area (Å²) in [4.78, 5) is 9.52. The minimum atomic E-state index is -0.215. The van der Waals surface area contributed by atoms with E-state index in [1.807, 2.05) is 16.8 Å². The first kappa shape index (κ1) is 25.8. The molecule has 4 rings (SSSR count). The number of aromatic nitrogens is 3. The lowest BCUT2D eigenvalue weighted by molar-refractivity contribution is 0.0530. The standard InChI is InChI=1S/C23H33FN6O2.HI/c1-3-25-22(27-19-8-9-21-28-20(15-31-2)29-30(21)14-19)26-16-23(10-12-32-13-11-23)17-4-6-18(24)7-5-17;/h4-7,19H,3,8-16H2,1-2H3,(H2,25,26,27);1H. The number of fused-ring (bicyclic) bond motifs is 1. The molecule has 0 spiro atoms. The molecule has 0 amide bonds. The molecule has 2 aliphatic rings. The van der Waals surface area contributed by atoms with Gasteiger partial charge in [0.2, 0.25) is 0 Å². The lowest BCUT2D eigenvalue weighted by Gasteiger charge is -2.37. The highest BCUT2D eigenvalue weighted by Gasteiger charge is 2.34. The summed E-state index contributed by atoms with van der Waals surface area (Å²) in [6.45, 7) is 6.02. The first-order chi connectivity index (χ1) is 15.6. The first-order valence-electron chi connectivity index (χ1n) is 11.4. The summed E-state index contributed by atoms with van der Waals surface area (Å²) in [5, 5.41) is 11.5. The monoisotopic (exact) mass is 572 g/mol. The smallest absolute Gasteiger partial charge is 0.191 e. The third-order valence-corrected chi connectivity index (χ3v) is 6.31. The Balaban J connectivity index is 0.00000306. The average Bonchev–Trinajstić information content (AvgIpc) is 3.21. The number of methoxy groups -OCH3 is 1. The summed E-state index contributed by atoms with van der Waals surface area (Å²) in [5.74, 6) is 2.32. The summed E-state index contributed by atoms with van der Waals surface area (Å²) in [5.41, 5.74) is 0.979. The second-order valence-corrected chi connectivity index (χ2v) is 8.53. The first-order valence-corrected chi connectivity index (χ1v) is 11.4. The fourth-order valence-electron chi connectivity index (χ4n) is 4.52. The van der Waals surface area contributed by atoms with Gasteiger partial charge < -0.3 is 20.1 Å². The van der Waals surface area contributed by atoms with Crippen LogP contribution in [0.3, 0.4) is 0 Å². The number of hydrogen-bond donors (Lipinski definition) is 2. The molecule has 0 radical (unpaired) electrons. The highest BCUT2D eigenvalue weighted by atomic mass is 127. The fraction of sp³-hybridized carbons (Fsp3) is 0.609. The number of nitrogens with one attached hydrogen (secondary N) is 2. The van der Waals surface area contributed by atoms with E-state index in [4.69, 9.17) is 14.5 Å². The second-order valence-electron chi connectivity index (χ2n) is 8.53. The van der Waals surface area contributed by atoms with Crippen molar-refractivity contribution in [1.29, 1.82) is 0 Å². The molecule has 2 aromatic rings. The molecule has 2 aliphatic heterocycles. The third-order valence-electron chi connectivity index (χ3n) is 6.31. The van der Waals surface area contributed by atoms with Gasteiger partial charge in [0.05, 0.1) is 13.1 Å². The molecule has 0 saturated carbocycles. The van der Waals surface area contributed by atoms with E-state index in [1.165, 1.54) is 12.1 Å². The van der Waals surface area contributed by atoms with Gasteiger partial charge in [-0.3, -0.25) is 4.99 Å². The van der Waals surface area contributed by atoms with Crippen molar-refractivity contribution < 1.29 is 13.9 Å². The van der Waals surface area contributed by atoms with Gasteiger partial charge in [-0.05, 0) is 43.9 Å². The van der Waals surface area contributed by atoms with E-state index < -0.39 is 0 Å². The molecular weight excluding hydrogens is 538 g/mol. The van der Waals surface area contributed by atoms with E-state index in [0.717, 1.165) is 61.9 Å². The Morgan fingerprint density at radius 2 is 2.06 bits per heavy atom. The summed E-state index contributed by atoms with van der Waals surface area (Å²) >= 11 is 0. The largest absolute Gasteiger partial charge is 0.381 e. The van der Waals surface area contributed by atoms with Crippen LogP contribution in [0.4, 0.5) is 4.39 Å². The number of nitrogens with zero attached hydrogens (tertiary/aromatic N) is 4. The van der Waals surface area contributed by atoms with Crippen LogP contribution in [0.15, 0.2) is 29.3 Å². The molecular formula is C23H34FIN6O2. The molecule has 1 aromatic heterocycles. The summed E-state index contributed by atoms with van der Waals surface area (Å²) in [7, 11) is 1.65. The van der Waals surface area contributed by atoms with Gasteiger partial charge in [0.1, 0.15) is 18.2 Å². The van der Waals surface area contributed by atoms with Gasteiger partial charge in [-0.2, -0.15) is 5.10 Å². The van der Waals surface area contributed by atoms with Gasteiger partial charge in [-0.25, -0.2) is 14.1 Å². The maximum atomic E-state index is 13.5. The van der Waals surface area contributed by atoms with Crippen molar-refractivity contribution in [2.45, 2.75) is 57.2 Å². The van der Waals surface area contributed by atoms with Crippen molar-refractivity contribution in [2.24, 2.45) is 4.99 Å². The number of ether oxygens (including phenoxy) is 2. The van der Waals surface area contributed by atoms with Crippen LogP contribution in [-0.4, -0.2) is 60.2 Å². The minimum Gasteiger partial charge on any atom is -0.381 e. The zero-order chi connectivity index (χ0) is 22.4. The zero-order valence-electron chi connectivity index (χ0n) is 19.3. The Kier molecular flexibility index (Phi) is 9.45. The van der Waals surface area contributed by atoms with Crippen molar-refractivity contribution >= 4 is 29.9 Å². The summed E-state index contributed by atoms with van der Waals surface area (Å²) < 4.78 is 26.3. The third kappa shape index (κ3) is 6.42. The average molecular weight is 572 g/mol. The number of rotatable bonds is 7. The Bertz CT molecular complexity index is 914. The van der Waals surface area contributed by atoms with Crippen molar-refractivity contribution in [3.63, 3.8) is 0 Å². The van der Waals surface area contributed by atoms with Gasteiger partial charge in [0.15, 0.2) is 11.8 Å². The predicted octanol–water partition coefficient (Wildman–Crippen LogP) is 2.80. The van der Waals surface area contributed by atoms with Gasteiger partial charge in [-0.1, -0.05) is 12.1 Å². The predicted molar refractivity (Wildman–Crippen MR) is 136 cm³/mol. The van der Waals surface area contributed by atoms with E-state index in [0.29, 0.717) is 26.4 Å². The maximum Gasteiger partial charge on any atom is 0.191 e. The van der Waals surface area contributed by atoms with Crippen LogP contribution in [0.25, 0.3) is 0 Å². The fourth-order valence-corrected chi connectivity index (χ4v) is 4.52. The number of guanidine groups is 1. The molecule has 1 saturated heterocycles. The Hall–Kier alpha value is -1.79. The minimum absolute atomic E-state index is 0. The van der Waals surface area contributed by atoms with Crippen molar-refractivity contribution in [3.8, 4) is 0 Å². The van der Waals surface area contributed by atoms with Crippen LogP contribution in [0.2, 0.25) is 0 Å². The number of aliphatic imine (C=N–C) groups is 1. The van der Waals surface area contributed by atoms with Crippen molar-refractivity contribution in [2.75, 3.05) is 33.4 Å². The molecule has 8 nitrogen and oxygen atoms in total. The SMILES string of the molecule is CCNC(=NCC1(c2ccc(F)cc2)CCOCC1)NC1CCc2nc(COC)nn2C1.I. The molecule has 1 aromatic carbocycles. The molecule has 1 atom stereocenters. The molecule has 1 unspecified atom stereocenters. The normalized spacial score (nSPS) is 20.0. The van der Waals surface area contributed by atoms with Crippen LogP contribution in [0, 0.1) is 5.82 Å². The Morgan fingerprint density at radius 3 is 2.76 bits per heavy atom. The second kappa shape index (κ2) is 12.1. The van der Waals surface area contributed by atoms with Crippen LogP contribution >= 0.6 is 24.0 Å². The van der Waals surface area contributed by atoms with Gasteiger partial charge in [0, 0.05) is 44.7 Å². The highest BCUT2D eigenvalue weighted by Crippen LogP contribution is 2.35. The van der Waals surface area contributed by atoms with Gasteiger partial charge in [0.25, 0.3) is 0 Å². The molecule has 1 fully saturated rings. The molecule has 0 bridgehead atoms. The number of hydrogen-bond acceptors (Lipinski definition) is 5. The molecule has 182 valence electrons. The van der Waals surface area contributed by atoms with Crippen LogP contribution < -0.4 is 10.6 Å². The molecule has 3 heterocycles. The van der Waals surface area contributed by atoms with E-state index in [-0.39, 0.29) is 41.3 Å². The number of aryl methyl sites for hydroxylation is 1. The summed E-state index contributed by atoms with van der Waals surface area (Å²) in [6, 6.07) is 7.07. The molecule has 33 heavy (non-hydrogen) atoms. The van der Waals surface area contributed by atoms with E-state index in [2.05, 4.69) is 27.6 Å². The Labute approximate surface area is 211 Å². The zero-order valence-corrected chi connectivity index (χ0v) is 21.7. The molecule has 0 aliphatic carbocycles.